The highest BCUT2D eigenvalue weighted by atomic mass is 31.2. The average Bonchev–Trinajstić information content (AvgIpc) is 2.66. The molecule has 6 heteroatoms. The van der Waals surface area contributed by atoms with Crippen LogP contribution >= 0.6 is 7.82 Å². The monoisotopic (exact) mass is 407 g/mol. The largest absolute Gasteiger partial charge is 0.584 e. The van der Waals surface area contributed by atoms with Gasteiger partial charge in [-0.1, -0.05) is 74.4 Å². The lowest BCUT2D eigenvalue weighted by atomic mass is 10.1. The van der Waals surface area contributed by atoms with Crippen LogP contribution in [0.4, 0.5) is 0 Å². The van der Waals surface area contributed by atoms with Crippen LogP contribution in [0.2, 0.25) is 0 Å². The van der Waals surface area contributed by atoms with Crippen molar-refractivity contribution in [2.45, 2.75) is 59.3 Å². The Labute approximate surface area is 169 Å². The highest BCUT2D eigenvalue weighted by Crippen LogP contribution is 2.44. The maximum absolute atomic E-state index is 11.8. The molecule has 2 aromatic carbocycles. The van der Waals surface area contributed by atoms with Crippen LogP contribution in [0.3, 0.4) is 0 Å². The second kappa shape index (κ2) is 13.4. The lowest BCUT2D eigenvalue weighted by molar-refractivity contribution is 0.291. The molecule has 0 aromatic heterocycles. The second-order valence-electron chi connectivity index (χ2n) is 6.83. The number of rotatable bonds is 10. The molecule has 0 unspecified atom stereocenters. The Morgan fingerprint density at radius 3 is 1.57 bits per heavy atom. The van der Waals surface area contributed by atoms with Crippen LogP contribution in [0.5, 0.6) is 11.5 Å². The Morgan fingerprint density at radius 1 is 0.786 bits per heavy atom. The SMILES string of the molecule is CCCCCCCCN.Cc1ccc(OP(=O)(O)Oc2ccc(C)cc2)cc1. The van der Waals surface area contributed by atoms with E-state index < -0.39 is 7.82 Å². The molecule has 0 saturated carbocycles. The van der Waals surface area contributed by atoms with Gasteiger partial charge in [-0.3, -0.25) is 4.89 Å². The van der Waals surface area contributed by atoms with Crippen LogP contribution < -0.4 is 14.8 Å². The molecule has 0 radical (unpaired) electrons. The topological polar surface area (TPSA) is 81.8 Å². The van der Waals surface area contributed by atoms with Gasteiger partial charge in [-0.05, 0) is 51.1 Å². The molecule has 0 aliphatic rings. The zero-order valence-corrected chi connectivity index (χ0v) is 18.2. The molecule has 0 aliphatic heterocycles. The highest BCUT2D eigenvalue weighted by Gasteiger charge is 2.24. The first kappa shape index (κ1) is 24.2. The molecule has 0 saturated heterocycles. The minimum atomic E-state index is -4.17. The van der Waals surface area contributed by atoms with Gasteiger partial charge < -0.3 is 14.8 Å². The van der Waals surface area contributed by atoms with Gasteiger partial charge in [0, 0.05) is 0 Å². The predicted molar refractivity (Wildman–Crippen MR) is 116 cm³/mol. The van der Waals surface area contributed by atoms with Gasteiger partial charge >= 0.3 is 7.82 Å². The Kier molecular flexibility index (Phi) is 11.6. The van der Waals surface area contributed by atoms with Crippen molar-refractivity contribution < 1.29 is 18.5 Å². The Hall–Kier alpha value is -1.81. The molecule has 0 amide bonds. The maximum Gasteiger partial charge on any atom is 0.584 e. The number of hydrogen-bond donors (Lipinski definition) is 2. The molecule has 0 fully saturated rings. The number of phosphoric acid groups is 1. The van der Waals surface area contributed by atoms with E-state index in [4.69, 9.17) is 14.8 Å². The molecular formula is C22H34NO4P. The molecule has 28 heavy (non-hydrogen) atoms. The van der Waals surface area contributed by atoms with Crippen molar-refractivity contribution >= 4 is 7.82 Å². The van der Waals surface area contributed by atoms with Crippen molar-refractivity contribution in [2.75, 3.05) is 6.54 Å². The van der Waals surface area contributed by atoms with E-state index in [1.165, 1.54) is 38.5 Å². The summed E-state index contributed by atoms with van der Waals surface area (Å²) in [6.45, 7) is 6.95. The zero-order valence-electron chi connectivity index (χ0n) is 17.3. The minimum absolute atomic E-state index is 0.295. The number of phosphoric ester groups is 1. The molecule has 0 aliphatic carbocycles. The molecule has 3 N–H and O–H groups in total. The van der Waals surface area contributed by atoms with E-state index in [1.54, 1.807) is 48.5 Å². The van der Waals surface area contributed by atoms with Crippen LogP contribution in [-0.2, 0) is 4.57 Å². The number of nitrogens with two attached hydrogens (primary N) is 1. The van der Waals surface area contributed by atoms with Gasteiger partial charge in [0.05, 0.1) is 0 Å². The summed E-state index contributed by atoms with van der Waals surface area (Å²) in [5, 5.41) is 0. The maximum atomic E-state index is 11.8. The number of hydrogen-bond acceptors (Lipinski definition) is 4. The van der Waals surface area contributed by atoms with Crippen molar-refractivity contribution in [3.63, 3.8) is 0 Å². The number of unbranched alkanes of at least 4 members (excludes halogenated alkanes) is 5. The molecule has 0 spiro atoms. The van der Waals surface area contributed by atoms with Crippen LogP contribution in [-0.4, -0.2) is 11.4 Å². The summed E-state index contributed by atoms with van der Waals surface area (Å²) in [6, 6.07) is 13.7. The van der Waals surface area contributed by atoms with E-state index in [9.17, 15) is 9.46 Å². The molecule has 2 rings (SSSR count). The van der Waals surface area contributed by atoms with Crippen molar-refractivity contribution in [1.82, 2.24) is 0 Å². The van der Waals surface area contributed by atoms with E-state index in [-0.39, 0.29) is 0 Å². The summed E-state index contributed by atoms with van der Waals surface area (Å²) in [7, 11) is -4.17. The zero-order chi connectivity index (χ0) is 20.8. The molecule has 0 bridgehead atoms. The summed E-state index contributed by atoms with van der Waals surface area (Å²) in [4.78, 5) is 9.67. The van der Waals surface area contributed by atoms with Crippen molar-refractivity contribution in [3.8, 4) is 11.5 Å². The quantitative estimate of drug-likeness (QED) is 0.364. The first-order valence-electron chi connectivity index (χ1n) is 9.91. The number of benzene rings is 2. The fraction of sp³-hybridized carbons (Fsp3) is 0.455. The summed E-state index contributed by atoms with van der Waals surface area (Å²) >= 11 is 0. The molecular weight excluding hydrogens is 373 g/mol. The van der Waals surface area contributed by atoms with E-state index in [1.807, 2.05) is 13.8 Å². The summed E-state index contributed by atoms with van der Waals surface area (Å²) in [6.07, 6.45) is 8.05. The van der Waals surface area contributed by atoms with Gasteiger partial charge in [0.1, 0.15) is 11.5 Å². The average molecular weight is 407 g/mol. The molecule has 5 nitrogen and oxygen atoms in total. The highest BCUT2D eigenvalue weighted by molar-refractivity contribution is 7.48. The van der Waals surface area contributed by atoms with Gasteiger partial charge in [0.25, 0.3) is 0 Å². The first-order chi connectivity index (χ1) is 13.4. The summed E-state index contributed by atoms with van der Waals surface area (Å²) in [5.74, 6) is 0.590. The first-order valence-corrected chi connectivity index (χ1v) is 11.4. The Bertz CT molecular complexity index is 644. The third kappa shape index (κ3) is 11.1. The lowest BCUT2D eigenvalue weighted by Gasteiger charge is -2.13. The number of aryl methyl sites for hydroxylation is 2. The van der Waals surface area contributed by atoms with Crippen LogP contribution in [0.25, 0.3) is 0 Å². The van der Waals surface area contributed by atoms with Gasteiger partial charge in [-0.2, -0.15) is 0 Å². The van der Waals surface area contributed by atoms with Crippen LogP contribution in [0, 0.1) is 13.8 Å². The lowest BCUT2D eigenvalue weighted by Crippen LogP contribution is -1.99. The van der Waals surface area contributed by atoms with E-state index in [0.717, 1.165) is 17.7 Å². The minimum Gasteiger partial charge on any atom is -0.395 e. The van der Waals surface area contributed by atoms with Crippen molar-refractivity contribution in [3.05, 3.63) is 59.7 Å². The Balaban J connectivity index is 0.000000370. The standard InChI is InChI=1S/C14H15O4P.C8H19N/c1-11-3-7-13(8-4-11)17-19(15,16)18-14-9-5-12(2)6-10-14;1-2-3-4-5-6-7-8-9/h3-10H,1-2H3,(H,15,16);2-9H2,1H3. The van der Waals surface area contributed by atoms with E-state index in [0.29, 0.717) is 11.5 Å². The van der Waals surface area contributed by atoms with Crippen LogP contribution in [0.1, 0.15) is 56.6 Å². The van der Waals surface area contributed by atoms with Crippen molar-refractivity contribution in [1.29, 1.82) is 0 Å². The summed E-state index contributed by atoms with van der Waals surface area (Å²) < 4.78 is 21.8. The fourth-order valence-corrected chi connectivity index (χ4v) is 3.22. The molecule has 156 valence electrons. The normalized spacial score (nSPS) is 10.8. The van der Waals surface area contributed by atoms with Gasteiger partial charge in [-0.25, -0.2) is 4.57 Å². The predicted octanol–water partition coefficient (Wildman–Crippen LogP) is 6.17. The molecule has 2 aromatic rings. The third-order valence-electron chi connectivity index (χ3n) is 4.04. The van der Waals surface area contributed by atoms with E-state index >= 15 is 0 Å². The van der Waals surface area contributed by atoms with Crippen molar-refractivity contribution in [2.24, 2.45) is 5.73 Å². The van der Waals surface area contributed by atoms with Gasteiger partial charge in [0.15, 0.2) is 0 Å². The van der Waals surface area contributed by atoms with Crippen LogP contribution in [0.15, 0.2) is 48.5 Å². The van der Waals surface area contributed by atoms with Gasteiger partial charge in [-0.15, -0.1) is 0 Å². The molecule has 0 heterocycles. The van der Waals surface area contributed by atoms with E-state index in [2.05, 4.69) is 6.92 Å². The Morgan fingerprint density at radius 2 is 1.18 bits per heavy atom. The smallest absolute Gasteiger partial charge is 0.395 e. The second-order valence-corrected chi connectivity index (χ2v) is 8.14. The molecule has 0 atom stereocenters. The van der Waals surface area contributed by atoms with Gasteiger partial charge in [0.2, 0.25) is 0 Å². The third-order valence-corrected chi connectivity index (χ3v) is 4.92. The fourth-order valence-electron chi connectivity index (χ4n) is 2.41. The summed E-state index contributed by atoms with van der Waals surface area (Å²) in [5.41, 5.74) is 7.43.